The molecular formula is C22H25N3O3S. The van der Waals surface area contributed by atoms with Gasteiger partial charge in [0.25, 0.3) is 0 Å². The molecule has 0 spiro atoms. The molecule has 7 heteroatoms. The van der Waals surface area contributed by atoms with Gasteiger partial charge in [0.1, 0.15) is 16.2 Å². The van der Waals surface area contributed by atoms with Gasteiger partial charge in [0.05, 0.1) is 11.9 Å². The maximum atomic E-state index is 12.6. The van der Waals surface area contributed by atoms with E-state index in [-0.39, 0.29) is 12.1 Å². The molecule has 6 nitrogen and oxygen atoms in total. The van der Waals surface area contributed by atoms with E-state index in [1.165, 1.54) is 10.9 Å². The summed E-state index contributed by atoms with van der Waals surface area (Å²) in [6.45, 7) is 4.76. The lowest BCUT2D eigenvalue weighted by atomic mass is 9.93. The van der Waals surface area contributed by atoms with Crippen LogP contribution in [0.5, 0.6) is 0 Å². The van der Waals surface area contributed by atoms with Crippen LogP contribution in [0.4, 0.5) is 5.69 Å². The van der Waals surface area contributed by atoms with Crippen LogP contribution in [-0.2, 0) is 16.6 Å². The van der Waals surface area contributed by atoms with Gasteiger partial charge in [0.2, 0.25) is 10.0 Å². The van der Waals surface area contributed by atoms with Crippen molar-refractivity contribution in [1.29, 1.82) is 0 Å². The number of hydrogen-bond acceptors (Lipinski definition) is 5. The Morgan fingerprint density at radius 1 is 1.07 bits per heavy atom. The van der Waals surface area contributed by atoms with Gasteiger partial charge in [-0.15, -0.1) is 0 Å². The number of piperidine rings is 1. The summed E-state index contributed by atoms with van der Waals surface area (Å²) >= 11 is 0. The minimum atomic E-state index is -3.46. The molecule has 0 radical (unpaired) electrons. The second kappa shape index (κ2) is 7.16. The molecule has 152 valence electrons. The Bertz CT molecular complexity index is 1150. The minimum Gasteiger partial charge on any atom is -0.461 e. The van der Waals surface area contributed by atoms with Crippen LogP contribution in [0.1, 0.15) is 24.2 Å². The number of para-hydroxylation sites is 2. The van der Waals surface area contributed by atoms with E-state index in [4.69, 9.17) is 4.42 Å². The van der Waals surface area contributed by atoms with Gasteiger partial charge in [-0.25, -0.2) is 8.42 Å². The maximum absolute atomic E-state index is 12.6. The normalized spacial score (nSPS) is 22.3. The van der Waals surface area contributed by atoms with E-state index in [2.05, 4.69) is 21.0 Å². The molecule has 0 aliphatic carbocycles. The molecule has 1 unspecified atom stereocenters. The fourth-order valence-electron chi connectivity index (χ4n) is 4.55. The third-order valence-corrected chi connectivity index (χ3v) is 7.65. The van der Waals surface area contributed by atoms with E-state index in [1.54, 1.807) is 12.1 Å². The van der Waals surface area contributed by atoms with Crippen molar-refractivity contribution in [2.45, 2.75) is 37.4 Å². The molecule has 0 saturated carbocycles. The van der Waals surface area contributed by atoms with Crippen LogP contribution in [0.2, 0.25) is 0 Å². The third kappa shape index (κ3) is 3.43. The standard InChI is InChI=1S/C22H25N3O3S/c1-15-18(17-6-2-4-8-20(17)28-15)14-25-12-10-16(11-13-25)22-23-19-7-3-5-9-21(19)29(26,27)24-22/h2-9,16,22-24H,10-14H2,1H3. The molecule has 29 heavy (non-hydrogen) atoms. The molecule has 1 aromatic heterocycles. The Kier molecular flexibility index (Phi) is 4.61. The summed E-state index contributed by atoms with van der Waals surface area (Å²) in [4.78, 5) is 2.77. The highest BCUT2D eigenvalue weighted by molar-refractivity contribution is 7.89. The lowest BCUT2D eigenvalue weighted by molar-refractivity contribution is 0.163. The van der Waals surface area contributed by atoms with Crippen molar-refractivity contribution in [1.82, 2.24) is 9.62 Å². The second-order valence-corrected chi connectivity index (χ2v) is 9.67. The van der Waals surface area contributed by atoms with Gasteiger partial charge >= 0.3 is 0 Å². The Balaban J connectivity index is 1.27. The van der Waals surface area contributed by atoms with Gasteiger partial charge in [-0.2, -0.15) is 4.72 Å². The Labute approximate surface area is 170 Å². The van der Waals surface area contributed by atoms with E-state index in [0.29, 0.717) is 10.6 Å². The number of nitrogens with zero attached hydrogens (tertiary/aromatic N) is 1. The third-order valence-electron chi connectivity index (χ3n) is 6.16. The number of rotatable bonds is 3. The first-order valence-corrected chi connectivity index (χ1v) is 11.6. The van der Waals surface area contributed by atoms with E-state index >= 15 is 0 Å². The minimum absolute atomic E-state index is 0.256. The molecule has 1 fully saturated rings. The highest BCUT2D eigenvalue weighted by Crippen LogP contribution is 2.32. The van der Waals surface area contributed by atoms with Crippen LogP contribution in [0.25, 0.3) is 11.0 Å². The predicted molar refractivity (Wildman–Crippen MR) is 113 cm³/mol. The van der Waals surface area contributed by atoms with Crippen molar-refractivity contribution in [2.75, 3.05) is 18.4 Å². The smallest absolute Gasteiger partial charge is 0.244 e. The first kappa shape index (κ1) is 18.7. The number of sulfonamides is 1. The SMILES string of the molecule is Cc1oc2ccccc2c1CN1CCC(C2Nc3ccccc3S(=O)(=O)N2)CC1. The van der Waals surface area contributed by atoms with E-state index < -0.39 is 10.0 Å². The van der Waals surface area contributed by atoms with Crippen LogP contribution in [-0.4, -0.2) is 32.6 Å². The highest BCUT2D eigenvalue weighted by Gasteiger charge is 2.35. The van der Waals surface area contributed by atoms with Gasteiger partial charge < -0.3 is 9.73 Å². The lowest BCUT2D eigenvalue weighted by Crippen LogP contribution is -2.51. The Hall–Kier alpha value is -2.35. The molecule has 5 rings (SSSR count). The molecule has 3 aromatic rings. The summed E-state index contributed by atoms with van der Waals surface area (Å²) in [5, 5.41) is 4.58. The van der Waals surface area contributed by atoms with Crippen LogP contribution in [0, 0.1) is 12.8 Å². The van der Waals surface area contributed by atoms with Gasteiger partial charge in [-0.05, 0) is 57.0 Å². The first-order valence-electron chi connectivity index (χ1n) is 10.1. The Morgan fingerprint density at radius 3 is 2.62 bits per heavy atom. The summed E-state index contributed by atoms with van der Waals surface area (Å²) in [5.41, 5.74) is 2.89. The fraction of sp³-hybridized carbons (Fsp3) is 0.364. The number of likely N-dealkylation sites (tertiary alicyclic amines) is 1. The predicted octanol–water partition coefficient (Wildman–Crippen LogP) is 3.68. The number of benzene rings is 2. The van der Waals surface area contributed by atoms with Gasteiger partial charge in [-0.3, -0.25) is 4.90 Å². The summed E-state index contributed by atoms with van der Waals surface area (Å²) in [5.74, 6) is 1.24. The van der Waals surface area contributed by atoms with Crippen LogP contribution in [0.3, 0.4) is 0 Å². The largest absolute Gasteiger partial charge is 0.461 e. The summed E-state index contributed by atoms with van der Waals surface area (Å²) in [6, 6.07) is 15.3. The molecule has 1 saturated heterocycles. The average Bonchev–Trinajstić information content (AvgIpc) is 3.03. The van der Waals surface area contributed by atoms with Crippen LogP contribution in [0.15, 0.2) is 57.8 Å². The molecule has 0 bridgehead atoms. The van der Waals surface area contributed by atoms with Crippen molar-refractivity contribution >= 4 is 26.7 Å². The molecule has 2 N–H and O–H groups in total. The number of aryl methyl sites for hydroxylation is 1. The van der Waals surface area contributed by atoms with Gasteiger partial charge in [0, 0.05) is 17.5 Å². The number of furan rings is 1. The molecule has 2 aliphatic heterocycles. The van der Waals surface area contributed by atoms with E-state index in [1.807, 2.05) is 37.3 Å². The average molecular weight is 412 g/mol. The van der Waals surface area contributed by atoms with E-state index in [9.17, 15) is 8.42 Å². The van der Waals surface area contributed by atoms with Crippen molar-refractivity contribution in [2.24, 2.45) is 5.92 Å². The lowest BCUT2D eigenvalue weighted by Gasteiger charge is -2.38. The zero-order valence-electron chi connectivity index (χ0n) is 16.4. The second-order valence-electron chi connectivity index (χ2n) is 7.99. The molecule has 2 aromatic carbocycles. The quantitative estimate of drug-likeness (QED) is 0.688. The first-order chi connectivity index (χ1) is 14.0. The number of anilines is 1. The van der Waals surface area contributed by atoms with Crippen LogP contribution >= 0.6 is 0 Å². The molecule has 2 aliphatic rings. The topological polar surface area (TPSA) is 74.6 Å². The molecular weight excluding hydrogens is 386 g/mol. The zero-order chi connectivity index (χ0) is 20.0. The van der Waals surface area contributed by atoms with Crippen molar-refractivity contribution in [3.8, 4) is 0 Å². The molecule has 0 amide bonds. The summed E-state index contributed by atoms with van der Waals surface area (Å²) in [7, 11) is -3.46. The van der Waals surface area contributed by atoms with Crippen molar-refractivity contribution in [3.05, 3.63) is 59.9 Å². The number of nitrogens with one attached hydrogen (secondary N) is 2. The summed E-state index contributed by atoms with van der Waals surface area (Å²) in [6.07, 6.45) is 1.63. The summed E-state index contributed by atoms with van der Waals surface area (Å²) < 4.78 is 33.9. The highest BCUT2D eigenvalue weighted by atomic mass is 32.2. The van der Waals surface area contributed by atoms with Gasteiger partial charge in [0.15, 0.2) is 0 Å². The van der Waals surface area contributed by atoms with Crippen molar-refractivity contribution < 1.29 is 12.8 Å². The zero-order valence-corrected chi connectivity index (χ0v) is 17.2. The van der Waals surface area contributed by atoms with E-state index in [0.717, 1.165) is 43.8 Å². The Morgan fingerprint density at radius 2 is 1.79 bits per heavy atom. The van der Waals surface area contributed by atoms with Crippen LogP contribution < -0.4 is 10.0 Å². The molecule has 1 atom stereocenters. The monoisotopic (exact) mass is 411 g/mol. The van der Waals surface area contributed by atoms with Crippen molar-refractivity contribution in [3.63, 3.8) is 0 Å². The molecule has 3 heterocycles. The number of hydrogen-bond donors (Lipinski definition) is 2. The maximum Gasteiger partial charge on any atom is 0.244 e. The number of fused-ring (bicyclic) bond motifs is 2. The van der Waals surface area contributed by atoms with Gasteiger partial charge in [-0.1, -0.05) is 30.3 Å². The fourth-order valence-corrected chi connectivity index (χ4v) is 5.93.